The molecule has 3 nitrogen and oxygen atoms in total. The molecule has 1 aliphatic carbocycles. The third-order valence-corrected chi connectivity index (χ3v) is 3.56. The Morgan fingerprint density at radius 3 is 2.61 bits per heavy atom. The van der Waals surface area contributed by atoms with E-state index < -0.39 is 24.2 Å². The van der Waals surface area contributed by atoms with Gasteiger partial charge in [-0.3, -0.25) is 10.1 Å². The molecule has 0 radical (unpaired) electrons. The monoisotopic (exact) mass is 267 g/mol. The lowest BCUT2D eigenvalue weighted by Crippen LogP contribution is -2.57. The summed E-state index contributed by atoms with van der Waals surface area (Å²) in [4.78, 5) is 12.0. The van der Waals surface area contributed by atoms with E-state index in [1.807, 2.05) is 6.92 Å². The van der Waals surface area contributed by atoms with Crippen molar-refractivity contribution in [3.8, 4) is 0 Å². The van der Waals surface area contributed by atoms with Crippen LogP contribution in [-0.4, -0.2) is 30.8 Å². The van der Waals surface area contributed by atoms with Crippen LogP contribution in [-0.2, 0) is 9.53 Å². The van der Waals surface area contributed by atoms with Gasteiger partial charge in [0.05, 0.1) is 13.2 Å². The molecule has 0 amide bonds. The lowest BCUT2D eigenvalue weighted by molar-refractivity contribution is -0.158. The largest absolute Gasteiger partial charge is 0.465 e. The molecule has 0 aromatic carbocycles. The average molecular weight is 267 g/mol. The third kappa shape index (κ3) is 3.37. The second kappa shape index (κ2) is 5.91. The third-order valence-electron chi connectivity index (χ3n) is 3.56. The SMILES string of the molecule is CCOC(=O)C1(NCC(F)(F)F)CCCC1CC. The molecular formula is C12H20F3NO2. The molecule has 0 bridgehead atoms. The maximum atomic E-state index is 12.3. The molecule has 1 saturated carbocycles. The van der Waals surface area contributed by atoms with Gasteiger partial charge < -0.3 is 4.74 Å². The summed E-state index contributed by atoms with van der Waals surface area (Å²) in [7, 11) is 0. The number of ether oxygens (including phenoxy) is 1. The molecule has 1 rings (SSSR count). The standard InChI is InChI=1S/C12H20F3NO2/c1-3-9-6-5-7-11(9,10(17)18-4-2)16-8-12(13,14)15/h9,16H,3-8H2,1-2H3. The smallest absolute Gasteiger partial charge is 0.401 e. The van der Waals surface area contributed by atoms with Gasteiger partial charge in [-0.2, -0.15) is 13.2 Å². The summed E-state index contributed by atoms with van der Waals surface area (Å²) < 4.78 is 42.0. The van der Waals surface area contributed by atoms with Gasteiger partial charge in [0.15, 0.2) is 0 Å². The number of carbonyl (C=O) groups excluding carboxylic acids is 1. The second-order valence-electron chi connectivity index (χ2n) is 4.66. The van der Waals surface area contributed by atoms with Crippen LogP contribution in [0.2, 0.25) is 0 Å². The van der Waals surface area contributed by atoms with Crippen molar-refractivity contribution in [1.82, 2.24) is 5.32 Å². The number of halogens is 3. The van der Waals surface area contributed by atoms with Gasteiger partial charge in [0.25, 0.3) is 0 Å². The van der Waals surface area contributed by atoms with Crippen molar-refractivity contribution in [2.45, 2.75) is 51.2 Å². The summed E-state index contributed by atoms with van der Waals surface area (Å²) in [5.41, 5.74) is -1.15. The molecule has 1 fully saturated rings. The minimum Gasteiger partial charge on any atom is -0.465 e. The fourth-order valence-corrected chi connectivity index (χ4v) is 2.72. The van der Waals surface area contributed by atoms with Gasteiger partial charge >= 0.3 is 12.1 Å². The quantitative estimate of drug-likeness (QED) is 0.778. The predicted octanol–water partition coefficient (Wildman–Crippen LogP) is 2.65. The summed E-state index contributed by atoms with van der Waals surface area (Å²) in [6, 6.07) is 0. The van der Waals surface area contributed by atoms with Gasteiger partial charge in [-0.05, 0) is 25.7 Å². The van der Waals surface area contributed by atoms with E-state index in [-0.39, 0.29) is 12.5 Å². The van der Waals surface area contributed by atoms with E-state index in [0.717, 1.165) is 12.8 Å². The van der Waals surface area contributed by atoms with Gasteiger partial charge in [0.2, 0.25) is 0 Å². The predicted molar refractivity (Wildman–Crippen MR) is 61.1 cm³/mol. The number of nitrogens with one attached hydrogen (secondary N) is 1. The number of rotatable bonds is 5. The van der Waals surface area contributed by atoms with Crippen molar-refractivity contribution in [3.05, 3.63) is 0 Å². The molecule has 18 heavy (non-hydrogen) atoms. The highest BCUT2D eigenvalue weighted by Crippen LogP contribution is 2.39. The number of hydrogen-bond donors (Lipinski definition) is 1. The van der Waals surface area contributed by atoms with Gasteiger partial charge in [-0.15, -0.1) is 0 Å². The lowest BCUT2D eigenvalue weighted by atomic mass is 9.85. The van der Waals surface area contributed by atoms with Crippen molar-refractivity contribution >= 4 is 5.97 Å². The van der Waals surface area contributed by atoms with E-state index in [0.29, 0.717) is 12.8 Å². The van der Waals surface area contributed by atoms with Crippen LogP contribution in [0.15, 0.2) is 0 Å². The van der Waals surface area contributed by atoms with Crippen LogP contribution < -0.4 is 5.32 Å². The average Bonchev–Trinajstić information content (AvgIpc) is 2.70. The first-order chi connectivity index (χ1) is 8.35. The van der Waals surface area contributed by atoms with Crippen LogP contribution in [0, 0.1) is 5.92 Å². The molecule has 0 aliphatic heterocycles. The van der Waals surface area contributed by atoms with Gasteiger partial charge in [-0.25, -0.2) is 0 Å². The van der Waals surface area contributed by atoms with Gasteiger partial charge in [0.1, 0.15) is 5.54 Å². The van der Waals surface area contributed by atoms with Crippen LogP contribution in [0.5, 0.6) is 0 Å². The summed E-state index contributed by atoms with van der Waals surface area (Å²) >= 11 is 0. The topological polar surface area (TPSA) is 38.3 Å². The zero-order valence-electron chi connectivity index (χ0n) is 10.8. The van der Waals surface area contributed by atoms with Crippen LogP contribution in [0.25, 0.3) is 0 Å². The number of carbonyl (C=O) groups is 1. The Kier molecular flexibility index (Phi) is 5.01. The van der Waals surface area contributed by atoms with Crippen molar-refractivity contribution in [3.63, 3.8) is 0 Å². The molecule has 0 aromatic rings. The molecular weight excluding hydrogens is 247 g/mol. The Morgan fingerprint density at radius 1 is 1.44 bits per heavy atom. The van der Waals surface area contributed by atoms with Gasteiger partial charge in [0, 0.05) is 0 Å². The Morgan fingerprint density at radius 2 is 2.11 bits per heavy atom. The molecule has 2 unspecified atom stereocenters. The second-order valence-corrected chi connectivity index (χ2v) is 4.66. The van der Waals surface area contributed by atoms with Crippen molar-refractivity contribution in [2.24, 2.45) is 5.92 Å². The highest BCUT2D eigenvalue weighted by molar-refractivity contribution is 5.81. The van der Waals surface area contributed by atoms with Crippen LogP contribution in [0.3, 0.4) is 0 Å². The first-order valence-electron chi connectivity index (χ1n) is 6.34. The summed E-state index contributed by atoms with van der Waals surface area (Å²) in [6.07, 6.45) is -1.72. The number of esters is 1. The van der Waals surface area contributed by atoms with Crippen molar-refractivity contribution < 1.29 is 22.7 Å². The van der Waals surface area contributed by atoms with Crippen LogP contribution in [0.1, 0.15) is 39.5 Å². The van der Waals surface area contributed by atoms with E-state index in [2.05, 4.69) is 5.32 Å². The first kappa shape index (κ1) is 15.3. The fraction of sp³-hybridized carbons (Fsp3) is 0.917. The van der Waals surface area contributed by atoms with Crippen molar-refractivity contribution in [2.75, 3.05) is 13.2 Å². The van der Waals surface area contributed by atoms with Crippen LogP contribution in [0.4, 0.5) is 13.2 Å². The fourth-order valence-electron chi connectivity index (χ4n) is 2.72. The molecule has 6 heteroatoms. The molecule has 2 atom stereocenters. The highest BCUT2D eigenvalue weighted by Gasteiger charge is 2.50. The van der Waals surface area contributed by atoms with Crippen LogP contribution >= 0.6 is 0 Å². The van der Waals surface area contributed by atoms with E-state index in [1.165, 1.54) is 0 Å². The van der Waals surface area contributed by atoms with E-state index >= 15 is 0 Å². The molecule has 0 spiro atoms. The zero-order chi connectivity index (χ0) is 13.8. The zero-order valence-corrected chi connectivity index (χ0v) is 10.8. The molecule has 0 saturated heterocycles. The number of alkyl halides is 3. The maximum absolute atomic E-state index is 12.3. The summed E-state index contributed by atoms with van der Waals surface area (Å²) in [5.74, 6) is -0.627. The van der Waals surface area contributed by atoms with E-state index in [9.17, 15) is 18.0 Å². The molecule has 0 aromatic heterocycles. The lowest BCUT2D eigenvalue weighted by Gasteiger charge is -2.34. The Hall–Kier alpha value is -0.780. The molecule has 106 valence electrons. The molecule has 0 heterocycles. The Labute approximate surface area is 105 Å². The van der Waals surface area contributed by atoms with Crippen molar-refractivity contribution in [1.29, 1.82) is 0 Å². The normalized spacial score (nSPS) is 28.4. The van der Waals surface area contributed by atoms with E-state index in [1.54, 1.807) is 6.92 Å². The Balaban J connectivity index is 2.84. The Bertz CT molecular complexity index is 294. The highest BCUT2D eigenvalue weighted by atomic mass is 19.4. The maximum Gasteiger partial charge on any atom is 0.401 e. The van der Waals surface area contributed by atoms with E-state index in [4.69, 9.17) is 4.74 Å². The minimum absolute atomic E-state index is 0.0844. The minimum atomic E-state index is -4.32. The summed E-state index contributed by atoms with van der Waals surface area (Å²) in [6.45, 7) is 2.58. The summed E-state index contributed by atoms with van der Waals surface area (Å²) in [5, 5.41) is 2.42. The first-order valence-corrected chi connectivity index (χ1v) is 6.34. The number of hydrogen-bond acceptors (Lipinski definition) is 3. The molecule has 1 N–H and O–H groups in total. The van der Waals surface area contributed by atoms with Gasteiger partial charge in [-0.1, -0.05) is 19.8 Å². The molecule has 1 aliphatic rings.